The average Bonchev–Trinajstić information content (AvgIpc) is 2.56. The van der Waals surface area contributed by atoms with Crippen LogP contribution in [-0.4, -0.2) is 56.0 Å². The van der Waals surface area contributed by atoms with Crippen LogP contribution in [0.1, 0.15) is 18.4 Å². The van der Waals surface area contributed by atoms with Crippen molar-refractivity contribution in [2.75, 3.05) is 38.6 Å². The Kier molecular flexibility index (Phi) is 5.13. The third-order valence-electron chi connectivity index (χ3n) is 4.76. The smallest absolute Gasteiger partial charge is 0.187 e. The number of nitrogens with one attached hydrogen (secondary N) is 2. The zero-order valence-corrected chi connectivity index (χ0v) is 14.6. The molecule has 0 aliphatic carbocycles. The van der Waals surface area contributed by atoms with E-state index >= 15 is 0 Å². The fourth-order valence-electron chi connectivity index (χ4n) is 3.35. The molecule has 0 amide bonds. The van der Waals surface area contributed by atoms with Crippen LogP contribution in [0.25, 0.3) is 0 Å². The lowest BCUT2D eigenvalue weighted by Crippen LogP contribution is -2.58. The molecule has 0 radical (unpaired) electrons. The van der Waals surface area contributed by atoms with Crippen LogP contribution < -0.4 is 15.6 Å². The first kappa shape index (κ1) is 16.2. The Morgan fingerprint density at radius 2 is 1.96 bits per heavy atom. The monoisotopic (exact) mass is 331 g/mol. The summed E-state index contributed by atoms with van der Waals surface area (Å²) in [6, 6.07) is 8.71. The SMILES string of the molecule is CN(C)c1ccc(/C=N/NC(=S)N[C@@H]2CN3CCC2CC3)cc1. The van der Waals surface area contributed by atoms with Crippen molar-refractivity contribution in [1.82, 2.24) is 15.6 Å². The molecule has 3 fully saturated rings. The minimum Gasteiger partial charge on any atom is -0.378 e. The molecule has 1 aromatic carbocycles. The Balaban J connectivity index is 1.47. The Morgan fingerprint density at radius 1 is 1.26 bits per heavy atom. The minimum absolute atomic E-state index is 0.465. The maximum Gasteiger partial charge on any atom is 0.187 e. The van der Waals surface area contributed by atoms with Crippen molar-refractivity contribution in [2.45, 2.75) is 18.9 Å². The molecule has 6 heteroatoms. The van der Waals surface area contributed by atoms with Crippen LogP contribution in [0.3, 0.4) is 0 Å². The Bertz CT molecular complexity index is 561. The molecule has 0 aromatic heterocycles. The highest BCUT2D eigenvalue weighted by molar-refractivity contribution is 7.80. The lowest BCUT2D eigenvalue weighted by molar-refractivity contribution is 0.0812. The van der Waals surface area contributed by atoms with Crippen LogP contribution in [0.2, 0.25) is 0 Å². The number of fused-ring (bicyclic) bond motifs is 3. The highest BCUT2D eigenvalue weighted by atomic mass is 32.1. The van der Waals surface area contributed by atoms with E-state index in [-0.39, 0.29) is 0 Å². The lowest BCUT2D eigenvalue weighted by atomic mass is 9.84. The van der Waals surface area contributed by atoms with Crippen LogP contribution in [0.4, 0.5) is 5.69 Å². The number of hydrogen-bond acceptors (Lipinski definition) is 4. The molecule has 1 atom stereocenters. The van der Waals surface area contributed by atoms with Gasteiger partial charge in [0.2, 0.25) is 0 Å². The first-order chi connectivity index (χ1) is 11.1. The van der Waals surface area contributed by atoms with E-state index in [4.69, 9.17) is 12.2 Å². The molecule has 3 aliphatic rings. The van der Waals surface area contributed by atoms with Gasteiger partial charge in [0.15, 0.2) is 5.11 Å². The molecule has 3 aliphatic heterocycles. The third-order valence-corrected chi connectivity index (χ3v) is 4.97. The first-order valence-electron chi connectivity index (χ1n) is 8.21. The molecule has 23 heavy (non-hydrogen) atoms. The predicted molar refractivity (Wildman–Crippen MR) is 100 cm³/mol. The number of benzene rings is 1. The number of thiocarbonyl (C=S) groups is 1. The van der Waals surface area contributed by atoms with E-state index in [2.05, 4.69) is 37.8 Å². The fraction of sp³-hybridized carbons (Fsp3) is 0.529. The van der Waals surface area contributed by atoms with Crippen molar-refractivity contribution in [3.8, 4) is 0 Å². The molecule has 2 N–H and O–H groups in total. The van der Waals surface area contributed by atoms with Crippen LogP contribution in [0.15, 0.2) is 29.4 Å². The highest BCUT2D eigenvalue weighted by Gasteiger charge is 2.34. The van der Waals surface area contributed by atoms with Gasteiger partial charge in [0.1, 0.15) is 0 Å². The minimum atomic E-state index is 0.465. The summed E-state index contributed by atoms with van der Waals surface area (Å²) in [5.74, 6) is 0.752. The summed E-state index contributed by atoms with van der Waals surface area (Å²) in [4.78, 5) is 4.59. The maximum atomic E-state index is 5.36. The molecule has 1 aromatic rings. The summed E-state index contributed by atoms with van der Waals surface area (Å²) in [7, 11) is 4.06. The molecule has 124 valence electrons. The molecule has 0 unspecified atom stereocenters. The van der Waals surface area contributed by atoms with Gasteiger partial charge in [-0.1, -0.05) is 12.1 Å². The van der Waals surface area contributed by atoms with E-state index in [1.165, 1.54) is 31.6 Å². The van der Waals surface area contributed by atoms with Crippen molar-refractivity contribution < 1.29 is 0 Å². The highest BCUT2D eigenvalue weighted by Crippen LogP contribution is 2.27. The number of nitrogens with zero attached hydrogens (tertiary/aromatic N) is 3. The van der Waals surface area contributed by atoms with Crippen LogP contribution in [0.5, 0.6) is 0 Å². The Morgan fingerprint density at radius 3 is 2.52 bits per heavy atom. The van der Waals surface area contributed by atoms with Crippen LogP contribution >= 0.6 is 12.2 Å². The Labute approximate surface area is 143 Å². The van der Waals surface area contributed by atoms with E-state index in [0.717, 1.165) is 18.0 Å². The van der Waals surface area contributed by atoms with Gasteiger partial charge in [-0.3, -0.25) is 5.43 Å². The van der Waals surface area contributed by atoms with E-state index in [9.17, 15) is 0 Å². The van der Waals surface area contributed by atoms with E-state index in [1.54, 1.807) is 6.21 Å². The van der Waals surface area contributed by atoms with Gasteiger partial charge in [-0.2, -0.15) is 5.10 Å². The lowest BCUT2D eigenvalue weighted by Gasteiger charge is -2.45. The van der Waals surface area contributed by atoms with Gasteiger partial charge >= 0.3 is 0 Å². The number of anilines is 1. The van der Waals surface area contributed by atoms with Crippen molar-refractivity contribution in [3.63, 3.8) is 0 Å². The van der Waals surface area contributed by atoms with E-state index < -0.39 is 0 Å². The van der Waals surface area contributed by atoms with Crippen LogP contribution in [0, 0.1) is 5.92 Å². The third kappa shape index (κ3) is 4.20. The molecule has 4 rings (SSSR count). The summed E-state index contributed by atoms with van der Waals surface area (Å²) >= 11 is 5.36. The van der Waals surface area contributed by atoms with E-state index in [0.29, 0.717) is 11.2 Å². The largest absolute Gasteiger partial charge is 0.378 e. The zero-order chi connectivity index (χ0) is 16.2. The number of hydrazone groups is 1. The summed E-state index contributed by atoms with van der Waals surface area (Å²) in [6.45, 7) is 3.58. The van der Waals surface area contributed by atoms with Gasteiger partial charge in [0.05, 0.1) is 6.21 Å². The summed E-state index contributed by atoms with van der Waals surface area (Å²) in [5.41, 5.74) is 5.16. The number of piperidine rings is 3. The second-order valence-electron chi connectivity index (χ2n) is 6.57. The molecule has 5 nitrogen and oxygen atoms in total. The molecular weight excluding hydrogens is 306 g/mol. The standard InChI is InChI=1S/C17H25N5S/c1-21(2)15-5-3-13(4-6-15)11-18-20-17(23)19-16-12-22-9-7-14(16)8-10-22/h3-6,11,14,16H,7-10,12H2,1-2H3,(H2,19,20,23)/b18-11+/t16-/m1/s1. The van der Waals surface area contributed by atoms with Crippen molar-refractivity contribution in [3.05, 3.63) is 29.8 Å². The number of rotatable bonds is 4. The van der Waals surface area contributed by atoms with Gasteiger partial charge < -0.3 is 15.1 Å². The molecule has 0 saturated carbocycles. The van der Waals surface area contributed by atoms with Crippen molar-refractivity contribution in [2.24, 2.45) is 11.0 Å². The van der Waals surface area contributed by atoms with Gasteiger partial charge in [0.25, 0.3) is 0 Å². The van der Waals surface area contributed by atoms with Crippen LogP contribution in [-0.2, 0) is 0 Å². The second kappa shape index (κ2) is 7.27. The Hall–Kier alpha value is -1.66. The predicted octanol–water partition coefficient (Wildman–Crippen LogP) is 1.64. The normalized spacial score (nSPS) is 26.3. The van der Waals surface area contributed by atoms with Gasteiger partial charge in [-0.15, -0.1) is 0 Å². The summed E-state index contributed by atoms with van der Waals surface area (Å²) in [5, 5.41) is 8.27. The quantitative estimate of drug-likeness (QED) is 0.499. The maximum absolute atomic E-state index is 5.36. The second-order valence-corrected chi connectivity index (χ2v) is 6.98. The summed E-state index contributed by atoms with van der Waals surface area (Å²) < 4.78 is 0. The van der Waals surface area contributed by atoms with Crippen molar-refractivity contribution in [1.29, 1.82) is 0 Å². The average molecular weight is 331 g/mol. The zero-order valence-electron chi connectivity index (χ0n) is 13.8. The van der Waals surface area contributed by atoms with Gasteiger partial charge in [-0.05, 0) is 61.8 Å². The van der Waals surface area contributed by atoms with Crippen molar-refractivity contribution >= 4 is 29.2 Å². The van der Waals surface area contributed by atoms with E-state index in [1.807, 2.05) is 26.2 Å². The molecular formula is C17H25N5S. The molecule has 2 bridgehead atoms. The molecule has 0 spiro atoms. The molecule has 3 heterocycles. The first-order valence-corrected chi connectivity index (χ1v) is 8.62. The van der Waals surface area contributed by atoms with Gasteiger partial charge in [0, 0.05) is 32.4 Å². The number of hydrogen-bond donors (Lipinski definition) is 2. The summed E-state index contributed by atoms with van der Waals surface area (Å²) in [6.07, 6.45) is 4.35. The van der Waals surface area contributed by atoms with Gasteiger partial charge in [-0.25, -0.2) is 0 Å². The molecule has 3 saturated heterocycles. The topological polar surface area (TPSA) is 42.9 Å². The fourth-order valence-corrected chi connectivity index (χ4v) is 3.56.